The van der Waals surface area contributed by atoms with E-state index in [1.807, 2.05) is 0 Å². The minimum absolute atomic E-state index is 0.0876. The first-order valence-corrected chi connectivity index (χ1v) is 6.90. The second-order valence-electron chi connectivity index (χ2n) is 4.98. The van der Waals surface area contributed by atoms with Gasteiger partial charge in [-0.05, 0) is 31.0 Å². The number of amides is 2. The van der Waals surface area contributed by atoms with Gasteiger partial charge in [-0.1, -0.05) is 18.9 Å². The van der Waals surface area contributed by atoms with Gasteiger partial charge in [0.1, 0.15) is 0 Å². The lowest BCUT2D eigenvalue weighted by molar-refractivity contribution is -0.136. The van der Waals surface area contributed by atoms with Gasteiger partial charge in [-0.25, -0.2) is 4.79 Å². The molecule has 21 heavy (non-hydrogen) atoms. The molecule has 112 valence electrons. The molecule has 1 aliphatic rings. The molecule has 1 fully saturated rings. The van der Waals surface area contributed by atoms with Gasteiger partial charge in [-0.3, -0.25) is 9.59 Å². The molecule has 2 N–H and O–H groups in total. The van der Waals surface area contributed by atoms with Crippen molar-refractivity contribution < 1.29 is 19.1 Å². The van der Waals surface area contributed by atoms with Crippen LogP contribution in [0.4, 0.5) is 5.69 Å². The summed E-state index contributed by atoms with van der Waals surface area (Å²) in [5.41, 5.74) is 0.691. The van der Waals surface area contributed by atoms with E-state index in [0.717, 1.165) is 25.7 Å². The zero-order valence-corrected chi connectivity index (χ0v) is 11.8. The predicted molar refractivity (Wildman–Crippen MR) is 76.8 cm³/mol. The number of rotatable bonds is 3. The quantitative estimate of drug-likeness (QED) is 0.652. The Morgan fingerprint density at radius 1 is 1.14 bits per heavy atom. The molecule has 1 aliphatic carbocycles. The lowest BCUT2D eigenvalue weighted by Gasteiger charge is -2.12. The third kappa shape index (κ3) is 4.05. The Morgan fingerprint density at radius 2 is 1.86 bits per heavy atom. The first-order valence-electron chi connectivity index (χ1n) is 6.90. The monoisotopic (exact) mass is 290 g/mol. The average molecular weight is 290 g/mol. The van der Waals surface area contributed by atoms with E-state index < -0.39 is 17.8 Å². The lowest BCUT2D eigenvalue weighted by atomic mass is 10.2. The maximum atomic E-state index is 11.8. The molecule has 6 nitrogen and oxygen atoms in total. The highest BCUT2D eigenvalue weighted by atomic mass is 16.5. The summed E-state index contributed by atoms with van der Waals surface area (Å²) in [6.07, 6.45) is 3.98. The lowest BCUT2D eigenvalue weighted by Crippen LogP contribution is -2.40. The zero-order chi connectivity index (χ0) is 15.2. The number of methoxy groups -OCH3 is 1. The summed E-state index contributed by atoms with van der Waals surface area (Å²) in [4.78, 5) is 35.0. The van der Waals surface area contributed by atoms with E-state index in [1.165, 1.54) is 13.2 Å². The predicted octanol–water partition coefficient (Wildman–Crippen LogP) is 1.47. The van der Waals surface area contributed by atoms with Gasteiger partial charge in [0.25, 0.3) is 0 Å². The summed E-state index contributed by atoms with van der Waals surface area (Å²) in [6.45, 7) is 0. The van der Waals surface area contributed by atoms with Gasteiger partial charge < -0.3 is 15.4 Å². The van der Waals surface area contributed by atoms with Crippen molar-refractivity contribution in [2.45, 2.75) is 31.7 Å². The maximum Gasteiger partial charge on any atom is 0.337 e. The Bertz CT molecular complexity index is 550. The number of benzene rings is 1. The molecule has 1 aromatic rings. The van der Waals surface area contributed by atoms with Crippen molar-refractivity contribution in [1.82, 2.24) is 5.32 Å². The fourth-order valence-corrected chi connectivity index (χ4v) is 2.35. The summed E-state index contributed by atoms with van der Waals surface area (Å²) in [5.74, 6) is -1.88. The second-order valence-corrected chi connectivity index (χ2v) is 4.98. The van der Waals surface area contributed by atoms with Gasteiger partial charge in [0.15, 0.2) is 0 Å². The van der Waals surface area contributed by atoms with Crippen molar-refractivity contribution in [3.63, 3.8) is 0 Å². The molecule has 1 saturated carbocycles. The number of ether oxygens (including phenoxy) is 1. The number of hydrogen-bond acceptors (Lipinski definition) is 4. The van der Waals surface area contributed by atoms with Crippen LogP contribution in [0.25, 0.3) is 0 Å². The number of hydrogen-bond donors (Lipinski definition) is 2. The number of esters is 1. The fourth-order valence-electron chi connectivity index (χ4n) is 2.35. The van der Waals surface area contributed by atoms with Crippen LogP contribution in [0.5, 0.6) is 0 Å². The standard InChI is InChI=1S/C15H18N2O4/c1-21-15(20)10-5-4-8-12(9-10)17-14(19)13(18)16-11-6-2-3-7-11/h4-5,8-9,11H,2-3,6-7H2,1H3,(H,16,18)(H,17,19). The maximum absolute atomic E-state index is 11.8. The topological polar surface area (TPSA) is 84.5 Å². The van der Waals surface area contributed by atoms with Crippen molar-refractivity contribution in [3.05, 3.63) is 29.8 Å². The van der Waals surface area contributed by atoms with E-state index in [2.05, 4.69) is 15.4 Å². The van der Waals surface area contributed by atoms with Gasteiger partial charge in [0.2, 0.25) is 0 Å². The van der Waals surface area contributed by atoms with Crippen molar-refractivity contribution in [2.75, 3.05) is 12.4 Å². The van der Waals surface area contributed by atoms with Crippen molar-refractivity contribution in [1.29, 1.82) is 0 Å². The second kappa shape index (κ2) is 6.88. The Balaban J connectivity index is 1.95. The molecule has 2 rings (SSSR count). The zero-order valence-electron chi connectivity index (χ0n) is 11.8. The molecule has 0 heterocycles. The summed E-state index contributed by atoms with van der Waals surface area (Å²) in [6, 6.07) is 6.33. The van der Waals surface area contributed by atoms with Gasteiger partial charge >= 0.3 is 17.8 Å². The van der Waals surface area contributed by atoms with Crippen LogP contribution in [0.3, 0.4) is 0 Å². The van der Waals surface area contributed by atoms with E-state index in [4.69, 9.17) is 0 Å². The van der Waals surface area contributed by atoms with Crippen LogP contribution in [-0.4, -0.2) is 30.9 Å². The van der Waals surface area contributed by atoms with Crippen molar-refractivity contribution in [3.8, 4) is 0 Å². The highest BCUT2D eigenvalue weighted by Gasteiger charge is 2.21. The van der Waals surface area contributed by atoms with Gasteiger partial charge in [0, 0.05) is 11.7 Å². The summed E-state index contributed by atoms with van der Waals surface area (Å²) < 4.78 is 4.60. The molecule has 0 spiro atoms. The first kappa shape index (κ1) is 15.0. The summed E-state index contributed by atoms with van der Waals surface area (Å²) in [7, 11) is 1.28. The summed E-state index contributed by atoms with van der Waals surface area (Å²) in [5, 5.41) is 5.18. The van der Waals surface area contributed by atoms with Gasteiger partial charge in [-0.2, -0.15) is 0 Å². The van der Waals surface area contributed by atoms with E-state index in [9.17, 15) is 14.4 Å². The highest BCUT2D eigenvalue weighted by molar-refractivity contribution is 6.39. The summed E-state index contributed by atoms with van der Waals surface area (Å²) >= 11 is 0. The van der Waals surface area contributed by atoms with E-state index in [-0.39, 0.29) is 6.04 Å². The van der Waals surface area contributed by atoms with Crippen LogP contribution >= 0.6 is 0 Å². The van der Waals surface area contributed by atoms with Crippen molar-refractivity contribution >= 4 is 23.5 Å². The van der Waals surface area contributed by atoms with Crippen LogP contribution in [-0.2, 0) is 14.3 Å². The SMILES string of the molecule is COC(=O)c1cccc(NC(=O)C(=O)NC2CCCC2)c1. The Kier molecular flexibility index (Phi) is 4.92. The smallest absolute Gasteiger partial charge is 0.337 e. The van der Waals surface area contributed by atoms with Crippen LogP contribution in [0.1, 0.15) is 36.0 Å². The largest absolute Gasteiger partial charge is 0.465 e. The molecule has 0 saturated heterocycles. The van der Waals surface area contributed by atoms with Crippen LogP contribution in [0.2, 0.25) is 0 Å². The van der Waals surface area contributed by atoms with E-state index in [0.29, 0.717) is 11.3 Å². The first-order chi connectivity index (χ1) is 10.1. The molecule has 0 aliphatic heterocycles. The molecule has 0 radical (unpaired) electrons. The van der Waals surface area contributed by atoms with Crippen molar-refractivity contribution in [2.24, 2.45) is 0 Å². The minimum atomic E-state index is -0.732. The Labute approximate surface area is 122 Å². The third-order valence-electron chi connectivity index (χ3n) is 3.44. The fraction of sp³-hybridized carbons (Fsp3) is 0.400. The Hall–Kier alpha value is -2.37. The van der Waals surface area contributed by atoms with Crippen LogP contribution in [0, 0.1) is 0 Å². The molecule has 0 aromatic heterocycles. The average Bonchev–Trinajstić information content (AvgIpc) is 2.99. The van der Waals surface area contributed by atoms with Crippen LogP contribution in [0.15, 0.2) is 24.3 Å². The molecule has 1 aromatic carbocycles. The Morgan fingerprint density at radius 3 is 2.52 bits per heavy atom. The molecule has 6 heteroatoms. The van der Waals surface area contributed by atoms with Gasteiger partial charge in [-0.15, -0.1) is 0 Å². The number of nitrogens with one attached hydrogen (secondary N) is 2. The van der Waals surface area contributed by atoms with E-state index >= 15 is 0 Å². The van der Waals surface area contributed by atoms with Crippen LogP contribution < -0.4 is 10.6 Å². The minimum Gasteiger partial charge on any atom is -0.465 e. The molecule has 2 amide bonds. The third-order valence-corrected chi connectivity index (χ3v) is 3.44. The van der Waals surface area contributed by atoms with E-state index in [1.54, 1.807) is 18.2 Å². The molecule has 0 bridgehead atoms. The molecular formula is C15H18N2O4. The number of carbonyl (C=O) groups is 3. The molecular weight excluding hydrogens is 272 g/mol. The molecule has 0 atom stereocenters. The number of anilines is 1. The number of carbonyl (C=O) groups excluding carboxylic acids is 3. The highest BCUT2D eigenvalue weighted by Crippen LogP contribution is 2.17. The normalized spacial score (nSPS) is 14.5. The van der Waals surface area contributed by atoms with Gasteiger partial charge in [0.05, 0.1) is 12.7 Å². The molecule has 0 unspecified atom stereocenters.